The largest absolute Gasteiger partial charge is 0.481 e. The van der Waals surface area contributed by atoms with E-state index in [1.165, 1.54) is 17.5 Å². The van der Waals surface area contributed by atoms with Crippen LogP contribution in [0.15, 0.2) is 35.2 Å². The second kappa shape index (κ2) is 5.96. The van der Waals surface area contributed by atoms with Crippen molar-refractivity contribution in [2.75, 3.05) is 10.6 Å². The summed E-state index contributed by atoms with van der Waals surface area (Å²) in [5.74, 6) is -0.941. The van der Waals surface area contributed by atoms with Gasteiger partial charge in [-0.05, 0) is 23.6 Å². The summed E-state index contributed by atoms with van der Waals surface area (Å²) in [5, 5.41) is 17.5. The number of hydrogen-bond donors (Lipinski definition) is 3. The van der Waals surface area contributed by atoms with Crippen molar-refractivity contribution in [3.05, 3.63) is 40.8 Å². The molecule has 98 valence electrons. The molecule has 0 aromatic carbocycles. The fourth-order valence-electron chi connectivity index (χ4n) is 1.39. The summed E-state index contributed by atoms with van der Waals surface area (Å²) >= 11 is 1.49. The molecule has 0 fully saturated rings. The average Bonchev–Trinajstić information content (AvgIpc) is 2.83. The van der Waals surface area contributed by atoms with Crippen molar-refractivity contribution in [1.29, 1.82) is 0 Å². The second-order valence-electron chi connectivity index (χ2n) is 3.70. The van der Waals surface area contributed by atoms with Crippen molar-refractivity contribution >= 4 is 34.7 Å². The van der Waals surface area contributed by atoms with E-state index >= 15 is 0 Å². The van der Waals surface area contributed by atoms with Crippen LogP contribution in [0.25, 0.3) is 0 Å². The molecule has 0 radical (unpaired) electrons. The number of aromatic nitrogens is 1. The van der Waals surface area contributed by atoms with Crippen LogP contribution in [-0.2, 0) is 11.2 Å². The van der Waals surface area contributed by atoms with E-state index in [0.717, 1.165) is 5.69 Å². The molecule has 0 bridgehead atoms. The predicted molar refractivity (Wildman–Crippen MR) is 72.5 cm³/mol. The molecule has 0 unspecified atom stereocenters. The van der Waals surface area contributed by atoms with Crippen molar-refractivity contribution in [2.24, 2.45) is 0 Å². The molecule has 2 amide bonds. The zero-order valence-electron chi connectivity index (χ0n) is 9.79. The number of nitrogens with one attached hydrogen (secondary N) is 2. The van der Waals surface area contributed by atoms with Crippen molar-refractivity contribution in [3.8, 4) is 0 Å². The Morgan fingerprint density at radius 1 is 1.21 bits per heavy atom. The number of thiophene rings is 1. The number of carboxylic acids is 1. The van der Waals surface area contributed by atoms with Gasteiger partial charge in [0.1, 0.15) is 0 Å². The third-order valence-electron chi connectivity index (χ3n) is 2.19. The van der Waals surface area contributed by atoms with Crippen LogP contribution in [0, 0.1) is 0 Å². The second-order valence-corrected chi connectivity index (χ2v) is 4.48. The molecule has 0 aliphatic carbocycles. The minimum atomic E-state index is -0.941. The molecule has 7 heteroatoms. The van der Waals surface area contributed by atoms with Crippen LogP contribution in [0.4, 0.5) is 16.2 Å². The van der Waals surface area contributed by atoms with Crippen molar-refractivity contribution < 1.29 is 14.7 Å². The molecule has 0 atom stereocenters. The summed E-state index contributed by atoms with van der Waals surface area (Å²) in [6.45, 7) is 0. The molecule has 0 saturated heterocycles. The van der Waals surface area contributed by atoms with Gasteiger partial charge in [0.25, 0.3) is 0 Å². The predicted octanol–water partition coefficient (Wildman–Crippen LogP) is 2.41. The number of pyridine rings is 1. The van der Waals surface area contributed by atoms with Crippen LogP contribution in [0.1, 0.15) is 5.69 Å². The number of rotatable bonds is 4. The summed E-state index contributed by atoms with van der Waals surface area (Å²) in [6, 6.07) is 4.59. The van der Waals surface area contributed by atoms with E-state index in [1.54, 1.807) is 18.2 Å². The molecular weight excluding hydrogens is 266 g/mol. The zero-order valence-corrected chi connectivity index (χ0v) is 10.6. The molecule has 3 N–H and O–H groups in total. The van der Waals surface area contributed by atoms with Crippen LogP contribution in [0.5, 0.6) is 0 Å². The Morgan fingerprint density at radius 2 is 2.00 bits per heavy atom. The van der Waals surface area contributed by atoms with Crippen molar-refractivity contribution in [3.63, 3.8) is 0 Å². The van der Waals surface area contributed by atoms with E-state index in [2.05, 4.69) is 15.6 Å². The monoisotopic (exact) mass is 277 g/mol. The molecule has 2 aromatic rings. The van der Waals surface area contributed by atoms with Gasteiger partial charge < -0.3 is 15.7 Å². The summed E-state index contributed by atoms with van der Waals surface area (Å²) in [4.78, 5) is 26.0. The van der Waals surface area contributed by atoms with Gasteiger partial charge >= 0.3 is 12.0 Å². The quantitative estimate of drug-likeness (QED) is 0.800. The number of amides is 2. The minimum absolute atomic E-state index is 0.138. The lowest BCUT2D eigenvalue weighted by Crippen LogP contribution is -2.19. The number of anilines is 2. The molecule has 2 aromatic heterocycles. The highest BCUT2D eigenvalue weighted by molar-refractivity contribution is 7.08. The summed E-state index contributed by atoms with van der Waals surface area (Å²) in [6.07, 6.45) is 1.28. The highest BCUT2D eigenvalue weighted by Gasteiger charge is 2.05. The van der Waals surface area contributed by atoms with Crippen molar-refractivity contribution in [1.82, 2.24) is 4.98 Å². The average molecular weight is 277 g/mol. The Morgan fingerprint density at radius 3 is 2.58 bits per heavy atom. The number of urea groups is 1. The minimum Gasteiger partial charge on any atom is -0.481 e. The fourth-order valence-corrected chi connectivity index (χ4v) is 1.97. The lowest BCUT2D eigenvalue weighted by atomic mass is 10.2. The third kappa shape index (κ3) is 4.07. The normalized spacial score (nSPS) is 9.89. The molecule has 19 heavy (non-hydrogen) atoms. The van der Waals surface area contributed by atoms with Crippen LogP contribution in [0.3, 0.4) is 0 Å². The Balaban J connectivity index is 1.92. The highest BCUT2D eigenvalue weighted by Crippen LogP contribution is 2.13. The van der Waals surface area contributed by atoms with Gasteiger partial charge in [-0.2, -0.15) is 11.3 Å². The summed E-state index contributed by atoms with van der Waals surface area (Å²) < 4.78 is 0. The highest BCUT2D eigenvalue weighted by atomic mass is 32.1. The summed E-state index contributed by atoms with van der Waals surface area (Å²) in [5.41, 5.74) is 1.66. The van der Waals surface area contributed by atoms with E-state index in [-0.39, 0.29) is 12.5 Å². The lowest BCUT2D eigenvalue weighted by molar-refractivity contribution is -0.136. The van der Waals surface area contributed by atoms with Gasteiger partial charge in [-0.15, -0.1) is 0 Å². The SMILES string of the molecule is O=C(O)Cc1ccc(NC(=O)Nc2ccsc2)cn1. The third-order valence-corrected chi connectivity index (χ3v) is 2.88. The standard InChI is InChI=1S/C12H11N3O3S/c16-11(17)5-8-1-2-9(6-13-8)14-12(18)15-10-3-4-19-7-10/h1-4,6-7H,5H2,(H,16,17)(H2,14,15,18). The maximum Gasteiger partial charge on any atom is 0.323 e. The molecule has 2 heterocycles. The molecule has 0 spiro atoms. The first kappa shape index (κ1) is 13.0. The molecule has 2 rings (SSSR count). The van der Waals surface area contributed by atoms with Gasteiger partial charge in [0.05, 0.1) is 29.7 Å². The number of carbonyl (C=O) groups excluding carboxylic acids is 1. The Kier molecular flexibility index (Phi) is 4.09. The van der Waals surface area contributed by atoms with Gasteiger partial charge in [-0.3, -0.25) is 9.78 Å². The van der Waals surface area contributed by atoms with Crippen molar-refractivity contribution in [2.45, 2.75) is 6.42 Å². The van der Waals surface area contributed by atoms with Crippen LogP contribution in [-0.4, -0.2) is 22.1 Å². The van der Waals surface area contributed by atoms with E-state index in [9.17, 15) is 9.59 Å². The fraction of sp³-hybridized carbons (Fsp3) is 0.0833. The number of hydrogen-bond acceptors (Lipinski definition) is 4. The van der Waals surface area contributed by atoms with Gasteiger partial charge in [-0.1, -0.05) is 0 Å². The molecule has 0 saturated carbocycles. The first-order valence-corrected chi connectivity index (χ1v) is 6.35. The first-order valence-electron chi connectivity index (χ1n) is 5.40. The smallest absolute Gasteiger partial charge is 0.323 e. The van der Waals surface area contributed by atoms with E-state index < -0.39 is 5.97 Å². The van der Waals surface area contributed by atoms with Gasteiger partial charge in [0.15, 0.2) is 0 Å². The number of carboxylic acid groups (broad SMARTS) is 1. The zero-order chi connectivity index (χ0) is 13.7. The van der Waals surface area contributed by atoms with Crippen LogP contribution >= 0.6 is 11.3 Å². The first-order chi connectivity index (χ1) is 9.13. The Bertz CT molecular complexity index is 566. The van der Waals surface area contributed by atoms with Gasteiger partial charge in [-0.25, -0.2) is 4.79 Å². The van der Waals surface area contributed by atoms with E-state index in [1.807, 2.05) is 10.8 Å². The van der Waals surface area contributed by atoms with E-state index in [0.29, 0.717) is 11.4 Å². The van der Waals surface area contributed by atoms with Gasteiger partial charge in [0, 0.05) is 5.38 Å². The van der Waals surface area contributed by atoms with E-state index in [4.69, 9.17) is 5.11 Å². The number of carbonyl (C=O) groups is 2. The summed E-state index contributed by atoms with van der Waals surface area (Å²) in [7, 11) is 0. The van der Waals surface area contributed by atoms with Crippen LogP contribution in [0.2, 0.25) is 0 Å². The molecule has 6 nitrogen and oxygen atoms in total. The molecule has 0 aliphatic heterocycles. The number of aliphatic carboxylic acids is 1. The lowest BCUT2D eigenvalue weighted by Gasteiger charge is -2.06. The molecular formula is C12H11N3O3S. The maximum absolute atomic E-state index is 11.6. The molecule has 0 aliphatic rings. The topological polar surface area (TPSA) is 91.3 Å². The Labute approximate surface area is 113 Å². The van der Waals surface area contributed by atoms with Gasteiger partial charge in [0.2, 0.25) is 0 Å². The Hall–Kier alpha value is -2.41. The maximum atomic E-state index is 11.6. The van der Waals surface area contributed by atoms with Crippen LogP contribution < -0.4 is 10.6 Å². The number of nitrogens with zero attached hydrogens (tertiary/aromatic N) is 1.